The topological polar surface area (TPSA) is 57.2 Å². The molecule has 0 saturated carbocycles. The summed E-state index contributed by atoms with van der Waals surface area (Å²) in [4.78, 5) is 0. The van der Waals surface area contributed by atoms with Gasteiger partial charge in [0.25, 0.3) is 0 Å². The van der Waals surface area contributed by atoms with Crippen LogP contribution in [0.4, 0.5) is 13.2 Å². The molecule has 0 spiro atoms. The van der Waals surface area contributed by atoms with E-state index >= 15 is 0 Å². The molecule has 0 N–H and O–H groups in total. The molecule has 0 aromatic carbocycles. The fraction of sp³-hybridized carbons (Fsp3) is 0.529. The average Bonchev–Trinajstić information content (AvgIpc) is 2.35. The Bertz CT molecular complexity index is 456. The third kappa shape index (κ3) is 17.9. The number of allylic oxidation sites excluding steroid dienone is 8. The van der Waals surface area contributed by atoms with Crippen LogP contribution in [0.2, 0.25) is 0 Å². The molecule has 144 valence electrons. The molecule has 0 aliphatic heterocycles. The van der Waals surface area contributed by atoms with E-state index in [-0.39, 0.29) is 19.5 Å². The molecule has 0 atom stereocenters. The Morgan fingerprint density at radius 3 is 1.40 bits per heavy atom. The third-order valence-corrected chi connectivity index (χ3v) is 3.34. The first kappa shape index (κ1) is 26.5. The molecule has 2 aliphatic carbocycles. The zero-order valence-electron chi connectivity index (χ0n) is 13.7. The maximum atomic E-state index is 10.7. The van der Waals surface area contributed by atoms with E-state index in [2.05, 4.69) is 48.6 Å². The van der Waals surface area contributed by atoms with Crippen molar-refractivity contribution in [2.75, 3.05) is 0 Å². The third-order valence-electron chi connectivity index (χ3n) is 2.77. The van der Waals surface area contributed by atoms with Gasteiger partial charge in [0.15, 0.2) is 10.1 Å². The Hall–Kier alpha value is -0.717. The first-order valence-corrected chi connectivity index (χ1v) is 9.08. The first-order valence-electron chi connectivity index (χ1n) is 7.67. The molecule has 2 rings (SSSR count). The summed E-state index contributed by atoms with van der Waals surface area (Å²) in [6, 6.07) is 0. The fourth-order valence-electron chi connectivity index (χ4n) is 1.57. The van der Waals surface area contributed by atoms with E-state index in [1.165, 1.54) is 38.5 Å². The molecule has 0 aromatic heterocycles. The van der Waals surface area contributed by atoms with Gasteiger partial charge in [0.05, 0.1) is 0 Å². The summed E-state index contributed by atoms with van der Waals surface area (Å²) in [5.74, 6) is 0. The maximum Gasteiger partial charge on any atom is 3.00 e. The Kier molecular flexibility index (Phi) is 16.5. The van der Waals surface area contributed by atoms with Gasteiger partial charge in [-0.25, -0.2) is 8.42 Å². The quantitative estimate of drug-likeness (QED) is 0.166. The van der Waals surface area contributed by atoms with Crippen LogP contribution in [0.15, 0.2) is 36.5 Å². The Labute approximate surface area is 161 Å². The molecule has 2 aliphatic rings. The van der Waals surface area contributed by atoms with E-state index in [1.807, 2.05) is 0 Å². The SMILES string of the molecule is O=S(=O)([O-])C(F)(F)F.[C-]1=CCC/C=C\CC1.[C-]1=CCCC=CCC1.[Rh+3]. The van der Waals surface area contributed by atoms with Crippen molar-refractivity contribution in [3.63, 3.8) is 0 Å². The Morgan fingerprint density at radius 1 is 0.760 bits per heavy atom. The van der Waals surface area contributed by atoms with Crippen LogP contribution in [0.25, 0.3) is 0 Å². The van der Waals surface area contributed by atoms with Gasteiger partial charge in [-0.05, 0) is 12.8 Å². The molecule has 0 aromatic rings. The zero-order chi connectivity index (χ0) is 18.3. The van der Waals surface area contributed by atoms with Gasteiger partial charge >= 0.3 is 25.0 Å². The van der Waals surface area contributed by atoms with Crippen molar-refractivity contribution >= 4 is 10.1 Å². The summed E-state index contributed by atoms with van der Waals surface area (Å²) >= 11 is 0. The van der Waals surface area contributed by atoms with Crippen molar-refractivity contribution in [1.82, 2.24) is 0 Å². The van der Waals surface area contributed by atoms with Gasteiger partial charge in [0.1, 0.15) is 0 Å². The summed E-state index contributed by atoms with van der Waals surface area (Å²) in [6.07, 6.45) is 29.0. The monoisotopic (exact) mass is 466 g/mol. The van der Waals surface area contributed by atoms with E-state index in [1.54, 1.807) is 0 Å². The smallest absolute Gasteiger partial charge is 0.741 e. The molecule has 0 bridgehead atoms. The van der Waals surface area contributed by atoms with Crippen LogP contribution < -0.4 is 0 Å². The second-order valence-corrected chi connectivity index (χ2v) is 6.26. The van der Waals surface area contributed by atoms with E-state index in [9.17, 15) is 13.2 Å². The van der Waals surface area contributed by atoms with Gasteiger partial charge < -0.3 is 16.7 Å². The largest absolute Gasteiger partial charge is 3.00 e. The van der Waals surface area contributed by atoms with Gasteiger partial charge in [0, 0.05) is 0 Å². The molecule has 0 heterocycles. The second kappa shape index (κ2) is 15.5. The van der Waals surface area contributed by atoms with Crippen molar-refractivity contribution in [1.29, 1.82) is 0 Å². The predicted octanol–water partition coefficient (Wildman–Crippen LogP) is 5.00. The Morgan fingerprint density at radius 2 is 1.08 bits per heavy atom. The van der Waals surface area contributed by atoms with Crippen LogP contribution >= 0.6 is 0 Å². The Balaban J connectivity index is 0. The number of hydrogen-bond acceptors (Lipinski definition) is 3. The van der Waals surface area contributed by atoms with Crippen molar-refractivity contribution in [2.24, 2.45) is 0 Å². The van der Waals surface area contributed by atoms with Crippen molar-refractivity contribution in [2.45, 2.75) is 56.9 Å². The summed E-state index contributed by atoms with van der Waals surface area (Å²) in [5, 5.41) is 0. The van der Waals surface area contributed by atoms with Crippen molar-refractivity contribution < 1.29 is 45.6 Å². The minimum absolute atomic E-state index is 0. The standard InChI is InChI=1S/2C8H11.CHF3O3S.Rh/c2*1-2-4-6-8-7-5-3-1;2-1(3,4)8(5,6)7;/h2*1-2,7H,3-6H2;(H,5,6,7);/q2*-1;;+3/p-1/b2-1-;;;. The summed E-state index contributed by atoms with van der Waals surface area (Å²) in [5.41, 5.74) is -5.65. The summed E-state index contributed by atoms with van der Waals surface area (Å²) in [7, 11) is -6.09. The molecular formula is C17H22F3O3RhS. The summed E-state index contributed by atoms with van der Waals surface area (Å²) in [6.45, 7) is 0. The first-order chi connectivity index (χ1) is 11.2. The van der Waals surface area contributed by atoms with Crippen molar-refractivity contribution in [3.8, 4) is 0 Å². The van der Waals surface area contributed by atoms with Gasteiger partial charge in [-0.1, -0.05) is 50.0 Å². The zero-order valence-corrected chi connectivity index (χ0v) is 16.2. The van der Waals surface area contributed by atoms with Gasteiger partial charge in [-0.15, -0.1) is 0 Å². The normalized spacial score (nSPS) is 18.6. The van der Waals surface area contributed by atoms with E-state index in [0.717, 1.165) is 12.8 Å². The molecular weight excluding hydrogens is 444 g/mol. The van der Waals surface area contributed by atoms with Crippen molar-refractivity contribution in [3.05, 3.63) is 48.6 Å². The van der Waals surface area contributed by atoms with E-state index < -0.39 is 15.6 Å². The van der Waals surface area contributed by atoms with Crippen LogP contribution in [-0.2, 0) is 29.6 Å². The number of halogens is 3. The minimum Gasteiger partial charge on any atom is -0.741 e. The van der Waals surface area contributed by atoms with Crippen LogP contribution in [0, 0.1) is 12.2 Å². The summed E-state index contributed by atoms with van der Waals surface area (Å²) < 4.78 is 58.9. The predicted molar refractivity (Wildman–Crippen MR) is 86.6 cm³/mol. The van der Waals surface area contributed by atoms with Crippen LogP contribution in [-0.4, -0.2) is 18.5 Å². The van der Waals surface area contributed by atoms with Gasteiger partial charge in [-0.3, -0.25) is 12.2 Å². The molecule has 0 fully saturated rings. The van der Waals surface area contributed by atoms with Gasteiger partial charge in [-0.2, -0.15) is 26.0 Å². The molecule has 25 heavy (non-hydrogen) atoms. The number of alkyl halides is 3. The molecule has 3 nitrogen and oxygen atoms in total. The van der Waals surface area contributed by atoms with E-state index in [0.29, 0.717) is 0 Å². The van der Waals surface area contributed by atoms with Crippen LogP contribution in [0.5, 0.6) is 0 Å². The second-order valence-electron chi connectivity index (χ2n) is 4.89. The van der Waals surface area contributed by atoms with Gasteiger partial charge in [0.2, 0.25) is 0 Å². The van der Waals surface area contributed by atoms with Crippen LogP contribution in [0.1, 0.15) is 51.4 Å². The minimum atomic E-state index is -6.09. The molecule has 0 saturated heterocycles. The van der Waals surface area contributed by atoms with E-state index in [4.69, 9.17) is 13.0 Å². The molecule has 0 radical (unpaired) electrons. The maximum absolute atomic E-state index is 10.7. The average molecular weight is 466 g/mol. The number of rotatable bonds is 0. The number of hydrogen-bond donors (Lipinski definition) is 0. The fourth-order valence-corrected chi connectivity index (χ4v) is 1.57. The molecule has 8 heteroatoms. The van der Waals surface area contributed by atoms with Crippen LogP contribution in [0.3, 0.4) is 0 Å². The molecule has 0 unspecified atom stereocenters. The molecule has 0 amide bonds.